The zero-order valence-electron chi connectivity index (χ0n) is 14.8. The molecule has 140 valence electrons. The van der Waals surface area contributed by atoms with Crippen LogP contribution >= 0.6 is 0 Å². The van der Waals surface area contributed by atoms with E-state index < -0.39 is 11.0 Å². The van der Waals surface area contributed by atoms with Gasteiger partial charge in [-0.1, -0.05) is 35.5 Å². The number of aliphatic hydroxyl groups excluding tert-OH is 1. The number of hydrogen-bond acceptors (Lipinski definition) is 7. The number of nitrogens with zero attached hydrogens (tertiary/aromatic N) is 3. The summed E-state index contributed by atoms with van der Waals surface area (Å²) in [4.78, 5) is 14.8. The molecule has 0 aliphatic carbocycles. The maximum atomic E-state index is 10.8. The molecule has 3 rings (SSSR count). The van der Waals surface area contributed by atoms with Crippen molar-refractivity contribution in [1.82, 2.24) is 15.5 Å². The Kier molecular flexibility index (Phi) is 5.90. The zero-order chi connectivity index (χ0) is 19.2. The lowest BCUT2D eigenvalue weighted by Gasteiger charge is -2.16. The minimum Gasteiger partial charge on any atom is -0.392 e. The molecule has 1 heterocycles. The fourth-order valence-electron chi connectivity index (χ4n) is 2.64. The van der Waals surface area contributed by atoms with Gasteiger partial charge in [0.05, 0.1) is 17.1 Å². The molecule has 2 unspecified atom stereocenters. The molecular weight excluding hydrogens is 348 g/mol. The Hall–Kier alpha value is -3.10. The average Bonchev–Trinajstić information content (AvgIpc) is 3.16. The van der Waals surface area contributed by atoms with Crippen LogP contribution in [-0.4, -0.2) is 32.8 Å². The highest BCUT2D eigenvalue weighted by Gasteiger charge is 2.20. The molecule has 8 nitrogen and oxygen atoms in total. The maximum absolute atomic E-state index is 10.8. The second kappa shape index (κ2) is 8.52. The van der Waals surface area contributed by atoms with E-state index >= 15 is 0 Å². The van der Waals surface area contributed by atoms with Crippen LogP contribution in [0.4, 0.5) is 5.69 Å². The van der Waals surface area contributed by atoms with Gasteiger partial charge in [0.2, 0.25) is 11.7 Å². The predicted molar refractivity (Wildman–Crippen MR) is 99.0 cm³/mol. The first-order valence-corrected chi connectivity index (χ1v) is 8.56. The van der Waals surface area contributed by atoms with Crippen LogP contribution in [0.25, 0.3) is 11.4 Å². The first-order valence-electron chi connectivity index (χ1n) is 8.56. The van der Waals surface area contributed by atoms with Gasteiger partial charge in [-0.15, -0.1) is 0 Å². The normalized spacial score (nSPS) is 13.3. The molecule has 0 amide bonds. The van der Waals surface area contributed by atoms with Gasteiger partial charge in [-0.2, -0.15) is 4.98 Å². The van der Waals surface area contributed by atoms with Gasteiger partial charge in [-0.3, -0.25) is 10.1 Å². The number of rotatable bonds is 8. The van der Waals surface area contributed by atoms with Crippen molar-refractivity contribution in [3.63, 3.8) is 0 Å². The topological polar surface area (TPSA) is 114 Å². The van der Waals surface area contributed by atoms with Crippen LogP contribution < -0.4 is 5.32 Å². The number of aliphatic hydroxyl groups is 1. The number of aromatic nitrogens is 2. The van der Waals surface area contributed by atoms with Crippen molar-refractivity contribution in [2.75, 3.05) is 6.54 Å². The van der Waals surface area contributed by atoms with Crippen molar-refractivity contribution in [3.05, 3.63) is 76.2 Å². The summed E-state index contributed by atoms with van der Waals surface area (Å²) in [5.74, 6) is 0.754. The van der Waals surface area contributed by atoms with Crippen LogP contribution in [-0.2, 0) is 6.42 Å². The Bertz CT molecular complexity index is 878. The minimum atomic E-state index is -0.514. The Morgan fingerprint density at radius 3 is 2.52 bits per heavy atom. The van der Waals surface area contributed by atoms with Crippen LogP contribution in [0, 0.1) is 10.1 Å². The number of nitro benzene ring substituents is 1. The molecule has 0 bridgehead atoms. The van der Waals surface area contributed by atoms with Crippen molar-refractivity contribution in [1.29, 1.82) is 0 Å². The molecule has 0 fully saturated rings. The standard InChI is InChI=1S/C19H20N4O4/c1-13(24)12-20-17(11-14-5-3-2-4-6-14)19-21-18(22-27-19)15-7-9-16(10-8-15)23(25)26/h2-10,13,17,20,24H,11-12H2,1H3. The van der Waals surface area contributed by atoms with Crippen molar-refractivity contribution < 1.29 is 14.6 Å². The van der Waals surface area contributed by atoms with Crippen molar-refractivity contribution in [2.45, 2.75) is 25.5 Å². The highest BCUT2D eigenvalue weighted by molar-refractivity contribution is 5.56. The van der Waals surface area contributed by atoms with E-state index in [2.05, 4.69) is 15.5 Å². The van der Waals surface area contributed by atoms with Gasteiger partial charge in [-0.05, 0) is 31.0 Å². The third-order valence-corrected chi connectivity index (χ3v) is 4.02. The summed E-state index contributed by atoms with van der Waals surface area (Å²) < 4.78 is 5.42. The second-order valence-electron chi connectivity index (χ2n) is 6.26. The number of benzene rings is 2. The lowest BCUT2D eigenvalue weighted by atomic mass is 10.1. The summed E-state index contributed by atoms with van der Waals surface area (Å²) in [7, 11) is 0. The summed E-state index contributed by atoms with van der Waals surface area (Å²) in [6.07, 6.45) is 0.107. The largest absolute Gasteiger partial charge is 0.392 e. The molecule has 0 aliphatic rings. The summed E-state index contributed by atoms with van der Waals surface area (Å²) >= 11 is 0. The van der Waals surface area contributed by atoms with Gasteiger partial charge in [0.15, 0.2) is 0 Å². The van der Waals surface area contributed by atoms with Gasteiger partial charge in [-0.25, -0.2) is 0 Å². The van der Waals surface area contributed by atoms with E-state index in [0.29, 0.717) is 30.2 Å². The number of nitro groups is 1. The molecular formula is C19H20N4O4. The third-order valence-electron chi connectivity index (χ3n) is 4.02. The molecule has 0 saturated carbocycles. The number of hydrogen-bond donors (Lipinski definition) is 2. The molecule has 3 aromatic rings. The van der Waals surface area contributed by atoms with Gasteiger partial charge >= 0.3 is 0 Å². The van der Waals surface area contributed by atoms with Crippen LogP contribution in [0.3, 0.4) is 0 Å². The Morgan fingerprint density at radius 1 is 1.19 bits per heavy atom. The first kappa shape index (κ1) is 18.7. The Labute approximate surface area is 156 Å². The summed E-state index contributed by atoms with van der Waals surface area (Å²) in [5.41, 5.74) is 1.73. The quantitative estimate of drug-likeness (QED) is 0.464. The first-order chi connectivity index (χ1) is 13.0. The van der Waals surface area contributed by atoms with Gasteiger partial charge < -0.3 is 14.9 Å². The summed E-state index contributed by atoms with van der Waals surface area (Å²) in [6, 6.07) is 15.6. The highest BCUT2D eigenvalue weighted by atomic mass is 16.6. The van der Waals surface area contributed by atoms with E-state index in [4.69, 9.17) is 4.52 Å². The van der Waals surface area contributed by atoms with Gasteiger partial charge in [0, 0.05) is 24.2 Å². The molecule has 2 atom stereocenters. The van der Waals surface area contributed by atoms with E-state index in [1.165, 1.54) is 12.1 Å². The van der Waals surface area contributed by atoms with Crippen LogP contribution in [0.15, 0.2) is 59.1 Å². The van der Waals surface area contributed by atoms with Crippen molar-refractivity contribution in [2.24, 2.45) is 0 Å². The number of non-ortho nitro benzene ring substituents is 1. The fourth-order valence-corrected chi connectivity index (χ4v) is 2.64. The van der Waals surface area contributed by atoms with Crippen LogP contribution in [0.5, 0.6) is 0 Å². The zero-order valence-corrected chi connectivity index (χ0v) is 14.8. The monoisotopic (exact) mass is 368 g/mol. The third kappa shape index (κ3) is 4.96. The average molecular weight is 368 g/mol. The minimum absolute atomic E-state index is 0.00280. The van der Waals surface area contributed by atoms with E-state index in [-0.39, 0.29) is 11.7 Å². The highest BCUT2D eigenvalue weighted by Crippen LogP contribution is 2.23. The SMILES string of the molecule is CC(O)CNC(Cc1ccccc1)c1nc(-c2ccc([N+](=O)[O-])cc2)no1. The summed E-state index contributed by atoms with van der Waals surface area (Å²) in [6.45, 7) is 2.08. The molecule has 27 heavy (non-hydrogen) atoms. The van der Waals surface area contributed by atoms with Crippen molar-refractivity contribution in [3.8, 4) is 11.4 Å². The molecule has 0 aliphatic heterocycles. The Balaban J connectivity index is 1.81. The molecule has 1 aromatic heterocycles. The van der Waals surface area contributed by atoms with Crippen LogP contribution in [0.1, 0.15) is 24.4 Å². The van der Waals surface area contributed by atoms with Crippen molar-refractivity contribution >= 4 is 5.69 Å². The molecule has 8 heteroatoms. The fraction of sp³-hybridized carbons (Fsp3) is 0.263. The maximum Gasteiger partial charge on any atom is 0.269 e. The van der Waals surface area contributed by atoms with E-state index in [0.717, 1.165) is 5.56 Å². The lowest BCUT2D eigenvalue weighted by Crippen LogP contribution is -2.30. The smallest absolute Gasteiger partial charge is 0.269 e. The van der Waals surface area contributed by atoms with E-state index in [1.807, 2.05) is 30.3 Å². The molecule has 0 radical (unpaired) electrons. The number of nitrogens with one attached hydrogen (secondary N) is 1. The predicted octanol–water partition coefficient (Wildman–Crippen LogP) is 2.90. The van der Waals surface area contributed by atoms with Gasteiger partial charge in [0.25, 0.3) is 5.69 Å². The lowest BCUT2D eigenvalue weighted by molar-refractivity contribution is -0.384. The van der Waals surface area contributed by atoms with E-state index in [1.54, 1.807) is 19.1 Å². The Morgan fingerprint density at radius 2 is 1.89 bits per heavy atom. The van der Waals surface area contributed by atoms with E-state index in [9.17, 15) is 15.2 Å². The summed E-state index contributed by atoms with van der Waals surface area (Å²) in [5, 5.41) is 27.6. The molecule has 0 saturated heterocycles. The molecule has 2 aromatic carbocycles. The van der Waals surface area contributed by atoms with Crippen LogP contribution in [0.2, 0.25) is 0 Å². The van der Waals surface area contributed by atoms with Gasteiger partial charge in [0.1, 0.15) is 0 Å². The second-order valence-corrected chi connectivity index (χ2v) is 6.26. The molecule has 2 N–H and O–H groups in total. The molecule has 0 spiro atoms.